The fourth-order valence-corrected chi connectivity index (χ4v) is 0.686. The van der Waals surface area contributed by atoms with Crippen molar-refractivity contribution in [3.8, 4) is 0 Å². The van der Waals surface area contributed by atoms with Crippen LogP contribution in [-0.2, 0) is 0 Å². The highest BCUT2D eigenvalue weighted by Crippen LogP contribution is 2.17. The van der Waals surface area contributed by atoms with E-state index in [-0.39, 0.29) is 5.69 Å². The lowest BCUT2D eigenvalue weighted by atomic mass is 10.2. The Bertz CT molecular complexity index is 261. The third-order valence-electron chi connectivity index (χ3n) is 1.20. The lowest BCUT2D eigenvalue weighted by Crippen LogP contribution is -1.76. The smallest absolute Gasteiger partial charge is 0.152 e. The largest absolute Gasteiger partial charge is 0.204 e. The quantitative estimate of drug-likeness (QED) is 0.591. The summed E-state index contributed by atoms with van der Waals surface area (Å²) in [4.78, 5) is 9.85. The third kappa shape index (κ3) is 2.78. The Morgan fingerprint density at radius 1 is 1.33 bits per heavy atom. The topological polar surface area (TPSA) is 29.4 Å². The second-order valence-corrected chi connectivity index (χ2v) is 2.05. The Morgan fingerprint density at radius 3 is 2.33 bits per heavy atom. The van der Waals surface area contributed by atoms with E-state index in [4.69, 9.17) is 0 Å². The summed E-state index contributed by atoms with van der Waals surface area (Å²) in [5.74, 6) is -0.560. The van der Waals surface area contributed by atoms with Crippen LogP contribution in [0.3, 0.4) is 0 Å². The lowest BCUT2D eigenvalue weighted by Gasteiger charge is -1.92. The predicted molar refractivity (Wildman–Crippen MR) is 47.9 cm³/mol. The maximum atomic E-state index is 12.6. The Balaban J connectivity index is 0.000000561. The van der Waals surface area contributed by atoms with Crippen molar-refractivity contribution in [3.05, 3.63) is 34.5 Å². The van der Waals surface area contributed by atoms with Crippen LogP contribution in [0.1, 0.15) is 19.4 Å². The van der Waals surface area contributed by atoms with Crippen molar-refractivity contribution in [1.29, 1.82) is 0 Å². The summed E-state index contributed by atoms with van der Waals surface area (Å²) >= 11 is 0. The number of nitrogens with zero attached hydrogens (tertiary/aromatic N) is 1. The minimum absolute atomic E-state index is 0.134. The lowest BCUT2D eigenvalue weighted by molar-refractivity contribution is 0.628. The van der Waals surface area contributed by atoms with Crippen molar-refractivity contribution in [2.75, 3.05) is 0 Å². The van der Waals surface area contributed by atoms with Crippen LogP contribution in [-0.4, -0.2) is 0 Å². The van der Waals surface area contributed by atoms with Crippen LogP contribution in [0.5, 0.6) is 0 Å². The molecule has 0 aliphatic heterocycles. The van der Waals surface area contributed by atoms with E-state index in [1.807, 2.05) is 13.8 Å². The van der Waals surface area contributed by atoms with Gasteiger partial charge in [-0.25, -0.2) is 4.39 Å². The molecule has 3 heteroatoms. The van der Waals surface area contributed by atoms with E-state index in [0.29, 0.717) is 0 Å². The molecule has 1 aromatic carbocycles. The molecule has 0 saturated carbocycles. The van der Waals surface area contributed by atoms with Gasteiger partial charge in [0.2, 0.25) is 0 Å². The van der Waals surface area contributed by atoms with Gasteiger partial charge < -0.3 is 0 Å². The SMILES string of the molecule is CC.Cc1ccc(N=O)c(F)c1. The average Bonchev–Trinajstić information content (AvgIpc) is 2.08. The minimum atomic E-state index is -0.560. The van der Waals surface area contributed by atoms with Gasteiger partial charge in [-0.2, -0.15) is 0 Å². The van der Waals surface area contributed by atoms with Crippen molar-refractivity contribution < 1.29 is 4.39 Å². The molecule has 0 amide bonds. The first-order chi connectivity index (χ1) is 5.74. The molecule has 2 nitrogen and oxygen atoms in total. The van der Waals surface area contributed by atoms with Gasteiger partial charge >= 0.3 is 0 Å². The molecule has 0 fully saturated rings. The Labute approximate surface area is 71.4 Å². The number of hydrogen-bond donors (Lipinski definition) is 0. The van der Waals surface area contributed by atoms with Crippen molar-refractivity contribution in [2.45, 2.75) is 20.8 Å². The first-order valence-corrected chi connectivity index (χ1v) is 3.83. The van der Waals surface area contributed by atoms with Gasteiger partial charge in [-0.1, -0.05) is 19.9 Å². The van der Waals surface area contributed by atoms with E-state index < -0.39 is 5.82 Å². The van der Waals surface area contributed by atoms with E-state index in [0.717, 1.165) is 5.56 Å². The molecule has 0 radical (unpaired) electrons. The highest BCUT2D eigenvalue weighted by Gasteiger charge is 1.99. The van der Waals surface area contributed by atoms with Crippen molar-refractivity contribution in [1.82, 2.24) is 0 Å². The van der Waals surface area contributed by atoms with Gasteiger partial charge in [0, 0.05) is 0 Å². The molecule has 1 rings (SSSR count). The fraction of sp³-hybridized carbons (Fsp3) is 0.333. The van der Waals surface area contributed by atoms with Crippen LogP contribution in [0.4, 0.5) is 10.1 Å². The summed E-state index contributed by atoms with van der Waals surface area (Å²) in [6.45, 7) is 5.75. The Morgan fingerprint density at radius 2 is 1.92 bits per heavy atom. The molecule has 0 saturated heterocycles. The van der Waals surface area contributed by atoms with Crippen LogP contribution in [0.15, 0.2) is 23.4 Å². The number of hydrogen-bond acceptors (Lipinski definition) is 2. The summed E-state index contributed by atoms with van der Waals surface area (Å²) in [6, 6.07) is 4.27. The first-order valence-electron chi connectivity index (χ1n) is 3.83. The van der Waals surface area contributed by atoms with Gasteiger partial charge in [0.25, 0.3) is 0 Å². The van der Waals surface area contributed by atoms with Gasteiger partial charge in [0.05, 0.1) is 0 Å². The standard InChI is InChI=1S/C7H6FNO.C2H6/c1-5-2-3-7(9-10)6(8)4-5;1-2/h2-4H,1H3;1-2H3. The predicted octanol–water partition coefficient (Wildman–Crippen LogP) is 3.56. The molecule has 0 unspecified atom stereocenters. The maximum absolute atomic E-state index is 12.6. The molecule has 0 bridgehead atoms. The van der Waals surface area contributed by atoms with Crippen LogP contribution in [0.25, 0.3) is 0 Å². The number of halogens is 1. The summed E-state index contributed by atoms with van der Waals surface area (Å²) < 4.78 is 12.6. The Kier molecular flexibility index (Phi) is 4.84. The number of benzene rings is 1. The van der Waals surface area contributed by atoms with E-state index >= 15 is 0 Å². The highest BCUT2D eigenvalue weighted by molar-refractivity contribution is 5.39. The molecular weight excluding hydrogens is 157 g/mol. The second kappa shape index (κ2) is 5.41. The van der Waals surface area contributed by atoms with E-state index in [1.165, 1.54) is 12.1 Å². The van der Waals surface area contributed by atoms with Crippen LogP contribution in [0, 0.1) is 17.6 Å². The van der Waals surface area contributed by atoms with Crippen molar-refractivity contribution in [2.24, 2.45) is 5.18 Å². The van der Waals surface area contributed by atoms with Crippen LogP contribution >= 0.6 is 0 Å². The number of rotatable bonds is 1. The summed E-state index contributed by atoms with van der Waals surface area (Å²) in [5.41, 5.74) is 0.649. The second-order valence-electron chi connectivity index (χ2n) is 2.05. The fourth-order valence-electron chi connectivity index (χ4n) is 0.686. The molecular formula is C9H12FNO. The molecule has 0 spiro atoms. The zero-order chi connectivity index (χ0) is 9.56. The van der Waals surface area contributed by atoms with Gasteiger partial charge in [0.15, 0.2) is 5.82 Å². The molecule has 0 aliphatic carbocycles. The molecule has 0 N–H and O–H groups in total. The highest BCUT2D eigenvalue weighted by atomic mass is 19.1. The minimum Gasteiger partial charge on any atom is -0.204 e. The molecule has 1 aromatic rings. The van der Waals surface area contributed by atoms with Crippen LogP contribution in [0.2, 0.25) is 0 Å². The summed E-state index contributed by atoms with van der Waals surface area (Å²) in [6.07, 6.45) is 0. The average molecular weight is 169 g/mol. The van der Waals surface area contributed by atoms with E-state index in [2.05, 4.69) is 5.18 Å². The number of nitroso groups, excluding NO2 is 1. The number of aryl methyl sites for hydroxylation is 1. The first kappa shape index (κ1) is 10.8. The summed E-state index contributed by atoms with van der Waals surface area (Å²) in [5, 5.41) is 2.49. The molecule has 0 atom stereocenters. The Hall–Kier alpha value is -1.25. The maximum Gasteiger partial charge on any atom is 0.152 e. The van der Waals surface area contributed by atoms with Gasteiger partial charge in [-0.15, -0.1) is 4.91 Å². The van der Waals surface area contributed by atoms with Gasteiger partial charge in [-0.3, -0.25) is 0 Å². The van der Waals surface area contributed by atoms with Crippen molar-refractivity contribution in [3.63, 3.8) is 0 Å². The molecule has 0 heterocycles. The molecule has 0 aliphatic rings. The normalized spacial score (nSPS) is 8.33. The van der Waals surface area contributed by atoms with Gasteiger partial charge in [-0.05, 0) is 29.8 Å². The monoisotopic (exact) mass is 169 g/mol. The third-order valence-corrected chi connectivity index (χ3v) is 1.20. The van der Waals surface area contributed by atoms with Crippen LogP contribution < -0.4 is 0 Å². The van der Waals surface area contributed by atoms with Gasteiger partial charge in [0.1, 0.15) is 5.69 Å². The van der Waals surface area contributed by atoms with E-state index in [1.54, 1.807) is 13.0 Å². The summed E-state index contributed by atoms with van der Waals surface area (Å²) in [7, 11) is 0. The van der Waals surface area contributed by atoms with Crippen molar-refractivity contribution >= 4 is 5.69 Å². The zero-order valence-corrected chi connectivity index (χ0v) is 7.47. The molecule has 12 heavy (non-hydrogen) atoms. The van der Waals surface area contributed by atoms with E-state index in [9.17, 15) is 9.30 Å². The molecule has 0 aromatic heterocycles. The zero-order valence-electron chi connectivity index (χ0n) is 7.47. The molecule has 66 valence electrons.